The molecule has 3 aromatic rings. The number of nitrogens with zero attached hydrogens (tertiary/aromatic N) is 2. The Bertz CT molecular complexity index is 2000. The average molecular weight is 736 g/mol. The van der Waals surface area contributed by atoms with Crippen molar-refractivity contribution >= 4 is 48.8 Å². The lowest BCUT2D eigenvalue weighted by Gasteiger charge is -2.25. The lowest BCUT2D eigenvalue weighted by molar-refractivity contribution is -0.385. The SMILES string of the molecule is Cc1cc(C)cc(OCC(=O)C(N)(CCC(=O)OCCS(=O)(=O)c2cccc([N+](=O)[O-])c2)C(=O)OCCS(=O)(=O)c2cccc([N+](=O)[O-])c2)c1. The molecule has 0 radical (unpaired) electrons. The van der Waals surface area contributed by atoms with Crippen LogP contribution in [0.1, 0.15) is 24.0 Å². The van der Waals surface area contributed by atoms with Crippen LogP contribution in [0.3, 0.4) is 0 Å². The molecule has 0 aromatic heterocycles. The Morgan fingerprint density at radius 1 is 0.760 bits per heavy atom. The summed E-state index contributed by atoms with van der Waals surface area (Å²) in [5.74, 6) is -4.79. The van der Waals surface area contributed by atoms with E-state index in [1.54, 1.807) is 26.0 Å². The number of ketones is 1. The van der Waals surface area contributed by atoms with Crippen LogP contribution in [0.15, 0.2) is 76.5 Å². The molecule has 0 fully saturated rings. The van der Waals surface area contributed by atoms with Crippen molar-refractivity contribution in [2.45, 2.75) is 42.0 Å². The van der Waals surface area contributed by atoms with Crippen LogP contribution in [-0.2, 0) is 43.5 Å². The first-order chi connectivity index (χ1) is 23.3. The van der Waals surface area contributed by atoms with Crippen molar-refractivity contribution in [1.29, 1.82) is 0 Å². The molecule has 0 aliphatic rings. The molecular formula is C31H33N3O14S2. The summed E-state index contributed by atoms with van der Waals surface area (Å²) < 4.78 is 66.2. The van der Waals surface area contributed by atoms with Gasteiger partial charge in [0.2, 0.25) is 5.78 Å². The molecule has 1 unspecified atom stereocenters. The first kappa shape index (κ1) is 39.2. The number of benzene rings is 3. The monoisotopic (exact) mass is 735 g/mol. The molecule has 0 saturated heterocycles. The van der Waals surface area contributed by atoms with Crippen LogP contribution < -0.4 is 10.5 Å². The third-order valence-corrected chi connectivity index (χ3v) is 10.5. The highest BCUT2D eigenvalue weighted by molar-refractivity contribution is 7.91. The van der Waals surface area contributed by atoms with E-state index in [4.69, 9.17) is 19.9 Å². The van der Waals surface area contributed by atoms with Crippen molar-refractivity contribution in [2.75, 3.05) is 31.3 Å². The highest BCUT2D eigenvalue weighted by Crippen LogP contribution is 2.22. The summed E-state index contributed by atoms with van der Waals surface area (Å²) in [4.78, 5) is 58.8. The van der Waals surface area contributed by atoms with Crippen LogP contribution in [0.5, 0.6) is 5.75 Å². The Kier molecular flexibility index (Phi) is 12.9. The summed E-state index contributed by atoms with van der Waals surface area (Å²) >= 11 is 0. The number of hydrogen-bond donors (Lipinski definition) is 1. The van der Waals surface area contributed by atoms with Crippen LogP contribution in [-0.4, -0.2) is 81.3 Å². The molecule has 3 aromatic carbocycles. The molecule has 2 N–H and O–H groups in total. The van der Waals surface area contributed by atoms with E-state index in [0.717, 1.165) is 47.5 Å². The summed E-state index contributed by atoms with van der Waals surface area (Å²) in [6.45, 7) is 1.33. The van der Waals surface area contributed by atoms with Gasteiger partial charge in [-0.25, -0.2) is 21.6 Å². The summed E-state index contributed by atoms with van der Waals surface area (Å²) in [5, 5.41) is 22.0. The number of aryl methyl sites for hydroxylation is 2. The molecule has 17 nitrogen and oxygen atoms in total. The maximum atomic E-state index is 13.3. The minimum absolute atomic E-state index is 0.277. The topological polar surface area (TPSA) is 259 Å². The zero-order valence-electron chi connectivity index (χ0n) is 26.8. The number of sulfone groups is 2. The number of rotatable bonds is 18. The smallest absolute Gasteiger partial charge is 0.334 e. The summed E-state index contributed by atoms with van der Waals surface area (Å²) in [6.07, 6.45) is -1.40. The van der Waals surface area contributed by atoms with E-state index in [9.17, 15) is 51.4 Å². The fourth-order valence-electron chi connectivity index (χ4n) is 4.48. The van der Waals surface area contributed by atoms with Crippen molar-refractivity contribution < 1.29 is 55.3 Å². The van der Waals surface area contributed by atoms with Gasteiger partial charge in [-0.05, 0) is 55.7 Å². The van der Waals surface area contributed by atoms with Gasteiger partial charge in [-0.2, -0.15) is 0 Å². The predicted octanol–water partition coefficient (Wildman–Crippen LogP) is 2.58. The van der Waals surface area contributed by atoms with Gasteiger partial charge in [-0.3, -0.25) is 29.8 Å². The van der Waals surface area contributed by atoms with E-state index in [0.29, 0.717) is 0 Å². The predicted molar refractivity (Wildman–Crippen MR) is 175 cm³/mol. The first-order valence-corrected chi connectivity index (χ1v) is 17.9. The minimum Gasteiger partial charge on any atom is -0.486 e. The molecule has 0 bridgehead atoms. The van der Waals surface area contributed by atoms with E-state index >= 15 is 0 Å². The fourth-order valence-corrected chi connectivity index (χ4v) is 6.72. The number of Topliss-reactive ketones (excluding diaryl/α,β-unsaturated/α-hetero) is 1. The Hall–Kier alpha value is -5.27. The number of nitrogens with two attached hydrogens (primary N) is 1. The average Bonchev–Trinajstić information content (AvgIpc) is 3.05. The molecule has 1 atom stereocenters. The minimum atomic E-state index is -4.20. The van der Waals surface area contributed by atoms with Crippen LogP contribution >= 0.6 is 0 Å². The Morgan fingerprint density at radius 2 is 1.24 bits per heavy atom. The number of ether oxygens (including phenoxy) is 3. The van der Waals surface area contributed by atoms with Gasteiger partial charge in [-0.15, -0.1) is 0 Å². The second kappa shape index (κ2) is 16.4. The number of carbonyl (C=O) groups excluding carboxylic acids is 3. The number of non-ortho nitro benzene ring substituents is 2. The lowest BCUT2D eigenvalue weighted by atomic mass is 9.90. The molecule has 50 heavy (non-hydrogen) atoms. The molecule has 3 rings (SSSR count). The number of carbonyl (C=O) groups is 3. The van der Waals surface area contributed by atoms with Gasteiger partial charge in [0, 0.05) is 30.7 Å². The summed E-state index contributed by atoms with van der Waals surface area (Å²) in [5.41, 5.74) is 4.33. The van der Waals surface area contributed by atoms with Gasteiger partial charge in [0.15, 0.2) is 25.2 Å². The maximum Gasteiger partial charge on any atom is 0.334 e. The second-order valence-electron chi connectivity index (χ2n) is 11.0. The number of esters is 2. The van der Waals surface area contributed by atoms with Crippen LogP contribution in [0, 0.1) is 34.1 Å². The molecular weight excluding hydrogens is 702 g/mol. The van der Waals surface area contributed by atoms with E-state index < -0.39 is 113 Å². The van der Waals surface area contributed by atoms with E-state index in [-0.39, 0.29) is 10.6 Å². The molecule has 19 heteroatoms. The number of nitro benzene ring substituents is 2. The number of nitro groups is 2. The third-order valence-electron chi connectivity index (χ3n) is 7.13. The Labute approximate surface area is 286 Å². The summed E-state index contributed by atoms with van der Waals surface area (Å²) in [7, 11) is -8.30. The van der Waals surface area contributed by atoms with E-state index in [1.165, 1.54) is 12.1 Å². The van der Waals surface area contributed by atoms with Gasteiger partial charge in [-0.1, -0.05) is 18.2 Å². The molecule has 0 aliphatic heterocycles. The Morgan fingerprint density at radius 3 is 1.72 bits per heavy atom. The molecule has 0 saturated carbocycles. The number of hydrogen-bond acceptors (Lipinski definition) is 15. The van der Waals surface area contributed by atoms with Crippen LogP contribution in [0.4, 0.5) is 11.4 Å². The lowest BCUT2D eigenvalue weighted by Crippen LogP contribution is -2.57. The van der Waals surface area contributed by atoms with Crippen molar-refractivity contribution in [2.24, 2.45) is 5.73 Å². The highest BCUT2D eigenvalue weighted by atomic mass is 32.2. The maximum absolute atomic E-state index is 13.3. The van der Waals surface area contributed by atoms with Gasteiger partial charge in [0.25, 0.3) is 11.4 Å². The molecule has 268 valence electrons. The zero-order chi connectivity index (χ0) is 37.3. The van der Waals surface area contributed by atoms with E-state index in [1.807, 2.05) is 6.07 Å². The largest absolute Gasteiger partial charge is 0.486 e. The normalized spacial score (nSPS) is 12.7. The molecule has 0 aliphatic carbocycles. The van der Waals surface area contributed by atoms with Gasteiger partial charge in [0.05, 0.1) is 31.1 Å². The van der Waals surface area contributed by atoms with Crippen LogP contribution in [0.25, 0.3) is 0 Å². The highest BCUT2D eigenvalue weighted by Gasteiger charge is 2.44. The van der Waals surface area contributed by atoms with Crippen molar-refractivity contribution in [3.05, 3.63) is 98.1 Å². The van der Waals surface area contributed by atoms with Crippen molar-refractivity contribution in [3.8, 4) is 5.75 Å². The molecule has 0 amide bonds. The zero-order valence-corrected chi connectivity index (χ0v) is 28.4. The van der Waals surface area contributed by atoms with Gasteiger partial charge < -0.3 is 19.9 Å². The quantitative estimate of drug-likeness (QED) is 0.0852. The van der Waals surface area contributed by atoms with Gasteiger partial charge >= 0.3 is 11.9 Å². The molecule has 0 spiro atoms. The Balaban J connectivity index is 1.69. The van der Waals surface area contributed by atoms with Crippen molar-refractivity contribution in [3.63, 3.8) is 0 Å². The first-order valence-electron chi connectivity index (χ1n) is 14.6. The van der Waals surface area contributed by atoms with Crippen molar-refractivity contribution in [1.82, 2.24) is 0 Å². The third kappa shape index (κ3) is 10.6. The molecule has 0 heterocycles. The summed E-state index contributed by atoms with van der Waals surface area (Å²) in [6, 6.07) is 13.6. The van der Waals surface area contributed by atoms with Crippen LogP contribution in [0.2, 0.25) is 0 Å². The standard InChI is InChI=1S/C31H33N3O14S2/c1-21-15-22(2)17-25(16-21)48-20-28(35)31(32,30(37)47-12-14-50(44,45)27-8-4-6-24(19-27)34(40)41)10-9-29(36)46-11-13-49(42,43)26-7-3-5-23(18-26)33(38)39/h3-8,15-19H,9-14,20,32H2,1-2H3. The second-order valence-corrected chi connectivity index (χ2v) is 15.2. The fraction of sp³-hybridized carbons (Fsp3) is 0.323. The van der Waals surface area contributed by atoms with Gasteiger partial charge in [0.1, 0.15) is 25.6 Å². The van der Waals surface area contributed by atoms with E-state index in [2.05, 4.69) is 0 Å².